The van der Waals surface area contributed by atoms with Gasteiger partial charge in [0.15, 0.2) is 0 Å². The summed E-state index contributed by atoms with van der Waals surface area (Å²) in [5.74, 6) is -1.05. The van der Waals surface area contributed by atoms with E-state index in [-0.39, 0.29) is 5.57 Å². The van der Waals surface area contributed by atoms with Gasteiger partial charge >= 0.3 is 11.9 Å². The van der Waals surface area contributed by atoms with Crippen LogP contribution in [0, 0.1) is 0 Å². The van der Waals surface area contributed by atoms with Crippen molar-refractivity contribution in [2.45, 2.75) is 59.7 Å². The molecule has 17 heavy (non-hydrogen) atoms. The first-order chi connectivity index (χ1) is 7.41. The highest BCUT2D eigenvalue weighted by molar-refractivity contribution is 5.96. The molecule has 0 aliphatic heterocycles. The van der Waals surface area contributed by atoms with Crippen molar-refractivity contribution in [3.8, 4) is 0 Å². The molecule has 0 saturated heterocycles. The van der Waals surface area contributed by atoms with Crippen LogP contribution in [-0.2, 0) is 19.1 Å². The van der Waals surface area contributed by atoms with E-state index in [0.717, 1.165) is 6.08 Å². The fraction of sp³-hybridized carbons (Fsp3) is 0.692. The van der Waals surface area contributed by atoms with Crippen LogP contribution in [0.2, 0.25) is 0 Å². The van der Waals surface area contributed by atoms with Gasteiger partial charge in [0.1, 0.15) is 11.2 Å². The van der Waals surface area contributed by atoms with Crippen LogP contribution >= 0.6 is 0 Å². The second-order valence-corrected chi connectivity index (χ2v) is 5.86. The van der Waals surface area contributed by atoms with Gasteiger partial charge in [-0.05, 0) is 48.5 Å². The molecule has 0 saturated carbocycles. The maximum atomic E-state index is 11.6. The molecule has 4 heteroatoms. The molecule has 98 valence electrons. The first-order valence-electron chi connectivity index (χ1n) is 5.55. The number of ether oxygens (including phenoxy) is 2. The fourth-order valence-electron chi connectivity index (χ4n) is 0.926. The molecule has 0 atom stereocenters. The Bertz CT molecular complexity index is 326. The minimum absolute atomic E-state index is 0.231. The summed E-state index contributed by atoms with van der Waals surface area (Å²) in [6.07, 6.45) is 1.15. The van der Waals surface area contributed by atoms with Crippen molar-refractivity contribution in [2.24, 2.45) is 0 Å². The molecular formula is C13H22O4. The lowest BCUT2D eigenvalue weighted by Crippen LogP contribution is -2.26. The van der Waals surface area contributed by atoms with Crippen LogP contribution in [0.4, 0.5) is 0 Å². The predicted octanol–water partition coefficient (Wildman–Crippen LogP) is 2.62. The largest absolute Gasteiger partial charge is 0.457 e. The van der Waals surface area contributed by atoms with E-state index in [0.29, 0.717) is 0 Å². The molecule has 0 bridgehead atoms. The number of esters is 2. The third kappa shape index (κ3) is 8.48. The van der Waals surface area contributed by atoms with Crippen molar-refractivity contribution in [3.63, 3.8) is 0 Å². The topological polar surface area (TPSA) is 52.6 Å². The molecule has 0 aliphatic rings. The summed E-state index contributed by atoms with van der Waals surface area (Å²) >= 11 is 0. The molecule has 0 aromatic carbocycles. The summed E-state index contributed by atoms with van der Waals surface area (Å²) < 4.78 is 10.2. The van der Waals surface area contributed by atoms with Crippen LogP contribution in [0.15, 0.2) is 11.6 Å². The molecule has 0 N–H and O–H groups in total. The number of hydrogen-bond donors (Lipinski definition) is 0. The Morgan fingerprint density at radius 3 is 1.65 bits per heavy atom. The predicted molar refractivity (Wildman–Crippen MR) is 65.4 cm³/mol. The molecule has 0 heterocycles. The highest BCUT2D eigenvalue weighted by Gasteiger charge is 2.20. The molecule has 0 amide bonds. The van der Waals surface area contributed by atoms with Gasteiger partial charge in [-0.25, -0.2) is 9.59 Å². The quantitative estimate of drug-likeness (QED) is 0.551. The van der Waals surface area contributed by atoms with E-state index in [1.165, 1.54) is 6.92 Å². The molecule has 0 unspecified atom stereocenters. The van der Waals surface area contributed by atoms with E-state index >= 15 is 0 Å². The van der Waals surface area contributed by atoms with Crippen molar-refractivity contribution in [2.75, 3.05) is 0 Å². The summed E-state index contributed by atoms with van der Waals surface area (Å²) in [4.78, 5) is 23.0. The molecule has 0 aliphatic carbocycles. The van der Waals surface area contributed by atoms with Crippen molar-refractivity contribution in [3.05, 3.63) is 11.6 Å². The molecule has 0 rings (SSSR count). The molecular weight excluding hydrogens is 220 g/mol. The Morgan fingerprint density at radius 2 is 1.29 bits per heavy atom. The van der Waals surface area contributed by atoms with Crippen molar-refractivity contribution in [1.29, 1.82) is 0 Å². The van der Waals surface area contributed by atoms with Crippen LogP contribution in [0.1, 0.15) is 48.5 Å². The van der Waals surface area contributed by atoms with Crippen LogP contribution in [0.25, 0.3) is 0 Å². The van der Waals surface area contributed by atoms with Crippen LogP contribution in [0.5, 0.6) is 0 Å². The zero-order chi connectivity index (χ0) is 13.9. The Morgan fingerprint density at radius 1 is 0.882 bits per heavy atom. The molecule has 0 aromatic rings. The third-order valence-corrected chi connectivity index (χ3v) is 1.46. The summed E-state index contributed by atoms with van der Waals surface area (Å²) in [5, 5.41) is 0. The van der Waals surface area contributed by atoms with Gasteiger partial charge in [-0.2, -0.15) is 0 Å². The monoisotopic (exact) mass is 242 g/mol. The normalized spacial score (nSPS) is 13.2. The van der Waals surface area contributed by atoms with Crippen molar-refractivity contribution in [1.82, 2.24) is 0 Å². The standard InChI is InChI=1S/C13H22O4/c1-9(11(15)17-13(5,6)7)8-10(14)16-12(2,3)4/h8H,1-7H3/b9-8+. The second kappa shape index (κ2) is 5.34. The SMILES string of the molecule is C/C(=C\C(=O)OC(C)(C)C)C(=O)OC(C)(C)C. The summed E-state index contributed by atoms with van der Waals surface area (Å²) in [6.45, 7) is 12.1. The fourth-order valence-corrected chi connectivity index (χ4v) is 0.926. The molecule has 4 nitrogen and oxygen atoms in total. The van der Waals surface area contributed by atoms with Gasteiger partial charge in [-0.15, -0.1) is 0 Å². The zero-order valence-corrected chi connectivity index (χ0v) is 11.7. The van der Waals surface area contributed by atoms with E-state index in [2.05, 4.69) is 0 Å². The van der Waals surface area contributed by atoms with Crippen LogP contribution < -0.4 is 0 Å². The van der Waals surface area contributed by atoms with Crippen LogP contribution in [0.3, 0.4) is 0 Å². The number of rotatable bonds is 2. The number of carbonyl (C=O) groups excluding carboxylic acids is 2. The molecule has 0 spiro atoms. The van der Waals surface area contributed by atoms with E-state index in [1.807, 2.05) is 0 Å². The highest BCUT2D eigenvalue weighted by atomic mass is 16.6. The summed E-state index contributed by atoms with van der Waals surface area (Å²) in [7, 11) is 0. The summed E-state index contributed by atoms with van der Waals surface area (Å²) in [6, 6.07) is 0. The minimum atomic E-state index is -0.569. The Labute approximate surface area is 103 Å². The van der Waals surface area contributed by atoms with Gasteiger partial charge < -0.3 is 9.47 Å². The van der Waals surface area contributed by atoms with Crippen molar-refractivity contribution < 1.29 is 19.1 Å². The molecule has 0 aromatic heterocycles. The lowest BCUT2D eigenvalue weighted by molar-refractivity contribution is -0.152. The molecule has 0 fully saturated rings. The second-order valence-electron chi connectivity index (χ2n) is 5.86. The maximum Gasteiger partial charge on any atom is 0.334 e. The smallest absolute Gasteiger partial charge is 0.334 e. The van der Waals surface area contributed by atoms with Gasteiger partial charge in [0.05, 0.1) is 0 Å². The maximum absolute atomic E-state index is 11.6. The minimum Gasteiger partial charge on any atom is -0.457 e. The lowest BCUT2D eigenvalue weighted by atomic mass is 10.2. The zero-order valence-electron chi connectivity index (χ0n) is 11.7. The first kappa shape index (κ1) is 15.7. The van der Waals surface area contributed by atoms with E-state index in [4.69, 9.17) is 9.47 Å². The van der Waals surface area contributed by atoms with Crippen LogP contribution in [-0.4, -0.2) is 23.1 Å². The van der Waals surface area contributed by atoms with E-state index in [1.54, 1.807) is 41.5 Å². The number of carbonyl (C=O) groups is 2. The average Bonchev–Trinajstić information content (AvgIpc) is 1.95. The first-order valence-corrected chi connectivity index (χ1v) is 5.55. The van der Waals surface area contributed by atoms with Crippen molar-refractivity contribution >= 4 is 11.9 Å². The lowest BCUT2D eigenvalue weighted by Gasteiger charge is -2.20. The van der Waals surface area contributed by atoms with Gasteiger partial charge in [0.2, 0.25) is 0 Å². The number of hydrogen-bond acceptors (Lipinski definition) is 4. The van der Waals surface area contributed by atoms with Gasteiger partial charge in [0.25, 0.3) is 0 Å². The van der Waals surface area contributed by atoms with E-state index in [9.17, 15) is 9.59 Å². The Hall–Kier alpha value is -1.32. The highest BCUT2D eigenvalue weighted by Crippen LogP contribution is 2.12. The molecule has 0 radical (unpaired) electrons. The Kier molecular flexibility index (Phi) is 4.93. The third-order valence-electron chi connectivity index (χ3n) is 1.46. The van der Waals surface area contributed by atoms with Gasteiger partial charge in [-0.3, -0.25) is 0 Å². The Balaban J connectivity index is 4.55. The van der Waals surface area contributed by atoms with Gasteiger partial charge in [-0.1, -0.05) is 0 Å². The van der Waals surface area contributed by atoms with Gasteiger partial charge in [0, 0.05) is 11.6 Å². The summed E-state index contributed by atoms with van der Waals surface area (Å²) in [5.41, 5.74) is -0.906. The van der Waals surface area contributed by atoms with E-state index < -0.39 is 23.1 Å². The average molecular weight is 242 g/mol.